The van der Waals surface area contributed by atoms with Crippen LogP contribution < -0.4 is 0 Å². The maximum Gasteiger partial charge on any atom is 0.312 e. The van der Waals surface area contributed by atoms with E-state index in [0.29, 0.717) is 0 Å². The van der Waals surface area contributed by atoms with Gasteiger partial charge in [-0.05, 0) is 12.5 Å². The summed E-state index contributed by atoms with van der Waals surface area (Å²) in [6.07, 6.45) is -3.18. The molecule has 2 aliphatic heterocycles. The zero-order valence-corrected chi connectivity index (χ0v) is 11.6. The highest BCUT2D eigenvalue weighted by atomic mass is 16.7. The van der Waals surface area contributed by atoms with Crippen LogP contribution in [0.5, 0.6) is 0 Å². The van der Waals surface area contributed by atoms with E-state index in [-0.39, 0.29) is 13.2 Å². The lowest BCUT2D eigenvalue weighted by atomic mass is 9.83. The Morgan fingerprint density at radius 3 is 2.81 bits per heavy atom. The van der Waals surface area contributed by atoms with Crippen LogP contribution in [0.3, 0.4) is 0 Å². The number of aliphatic hydroxyl groups excluding tert-OH is 1. The van der Waals surface area contributed by atoms with Gasteiger partial charge in [0.05, 0.1) is 19.1 Å². The number of aliphatic hydroxyl groups is 2. The lowest BCUT2D eigenvalue weighted by Gasteiger charge is -2.40. The number of hydrogen-bond donors (Lipinski definition) is 2. The van der Waals surface area contributed by atoms with Crippen molar-refractivity contribution in [1.29, 1.82) is 0 Å². The summed E-state index contributed by atoms with van der Waals surface area (Å²) in [5.74, 6) is -1.26. The van der Waals surface area contributed by atoms with Crippen molar-refractivity contribution < 1.29 is 29.2 Å². The monoisotopic (exact) mass is 294 g/mol. The van der Waals surface area contributed by atoms with Gasteiger partial charge in [-0.3, -0.25) is 4.79 Å². The zero-order valence-electron chi connectivity index (χ0n) is 11.6. The molecule has 2 fully saturated rings. The van der Waals surface area contributed by atoms with Crippen LogP contribution in [0.4, 0.5) is 0 Å². The van der Waals surface area contributed by atoms with Gasteiger partial charge in [0.2, 0.25) is 0 Å². The quantitative estimate of drug-likeness (QED) is 0.775. The van der Waals surface area contributed by atoms with Gasteiger partial charge in [0.15, 0.2) is 12.4 Å². The summed E-state index contributed by atoms with van der Waals surface area (Å²) in [6.45, 7) is 1.71. The van der Waals surface area contributed by atoms with Crippen molar-refractivity contribution in [2.24, 2.45) is 5.92 Å². The van der Waals surface area contributed by atoms with E-state index in [2.05, 4.69) is 0 Å². The van der Waals surface area contributed by atoms with Crippen molar-refractivity contribution >= 4 is 5.97 Å². The molecule has 6 nitrogen and oxygen atoms in total. The van der Waals surface area contributed by atoms with Gasteiger partial charge in [-0.15, -0.1) is 0 Å². The molecule has 21 heavy (non-hydrogen) atoms. The van der Waals surface area contributed by atoms with E-state index in [0.717, 1.165) is 5.56 Å². The summed E-state index contributed by atoms with van der Waals surface area (Å²) >= 11 is 0. The first-order valence-electron chi connectivity index (χ1n) is 6.90. The number of esters is 1. The van der Waals surface area contributed by atoms with Gasteiger partial charge in [-0.1, -0.05) is 30.3 Å². The number of ether oxygens (including phenoxy) is 3. The van der Waals surface area contributed by atoms with Crippen LogP contribution >= 0.6 is 0 Å². The van der Waals surface area contributed by atoms with Crippen LogP contribution in [0.2, 0.25) is 0 Å². The molecule has 0 bridgehead atoms. The fourth-order valence-corrected chi connectivity index (χ4v) is 2.71. The van der Waals surface area contributed by atoms with Crippen molar-refractivity contribution in [3.05, 3.63) is 35.9 Å². The average molecular weight is 294 g/mol. The predicted molar refractivity (Wildman–Crippen MR) is 71.0 cm³/mol. The molecular weight excluding hydrogens is 276 g/mol. The Balaban J connectivity index is 1.66. The summed E-state index contributed by atoms with van der Waals surface area (Å²) in [7, 11) is 0. The van der Waals surface area contributed by atoms with E-state index in [1.807, 2.05) is 30.3 Å². The molecule has 0 amide bonds. The Hall–Kier alpha value is -1.47. The normalized spacial score (nSPS) is 38.9. The molecule has 1 aromatic rings. The SMILES string of the molecule is C[C@@H]1C(=O)O[C@H]2[C@H](O)[C@@H](OCc3ccccc3)OC[C@@]12O. The van der Waals surface area contributed by atoms with E-state index in [4.69, 9.17) is 14.2 Å². The van der Waals surface area contributed by atoms with Gasteiger partial charge >= 0.3 is 5.97 Å². The minimum Gasteiger partial charge on any atom is -0.456 e. The molecule has 6 heteroatoms. The maximum absolute atomic E-state index is 11.6. The lowest BCUT2D eigenvalue weighted by Crippen LogP contribution is -2.61. The Morgan fingerprint density at radius 2 is 2.10 bits per heavy atom. The van der Waals surface area contributed by atoms with Crippen LogP contribution in [-0.4, -0.2) is 46.9 Å². The van der Waals surface area contributed by atoms with Crippen molar-refractivity contribution in [1.82, 2.24) is 0 Å². The van der Waals surface area contributed by atoms with Gasteiger partial charge in [0.1, 0.15) is 11.7 Å². The summed E-state index contributed by atoms with van der Waals surface area (Å²) in [5.41, 5.74) is -0.561. The van der Waals surface area contributed by atoms with E-state index < -0.39 is 36.0 Å². The minimum atomic E-state index is -1.50. The van der Waals surface area contributed by atoms with Crippen molar-refractivity contribution in [3.8, 4) is 0 Å². The highest BCUT2D eigenvalue weighted by molar-refractivity contribution is 5.76. The molecule has 2 N–H and O–H groups in total. The molecule has 3 rings (SSSR count). The maximum atomic E-state index is 11.6. The topological polar surface area (TPSA) is 85.2 Å². The first kappa shape index (κ1) is 14.5. The molecule has 0 aliphatic carbocycles. The first-order chi connectivity index (χ1) is 10.0. The fourth-order valence-electron chi connectivity index (χ4n) is 2.71. The Morgan fingerprint density at radius 1 is 1.38 bits per heavy atom. The Bertz CT molecular complexity index is 518. The van der Waals surface area contributed by atoms with Crippen molar-refractivity contribution in [3.63, 3.8) is 0 Å². The molecule has 0 aromatic heterocycles. The number of rotatable bonds is 3. The van der Waals surface area contributed by atoms with E-state index in [1.165, 1.54) is 0 Å². The Kier molecular flexibility index (Phi) is 3.71. The van der Waals surface area contributed by atoms with Crippen LogP contribution in [0, 0.1) is 5.92 Å². The zero-order chi connectivity index (χ0) is 15.0. The summed E-state index contributed by atoms with van der Waals surface area (Å²) in [5, 5.41) is 20.7. The second-order valence-corrected chi connectivity index (χ2v) is 5.54. The van der Waals surface area contributed by atoms with E-state index in [9.17, 15) is 15.0 Å². The molecule has 1 aromatic carbocycles. The number of hydrogen-bond acceptors (Lipinski definition) is 6. The van der Waals surface area contributed by atoms with Gasteiger partial charge < -0.3 is 24.4 Å². The molecule has 0 spiro atoms. The molecule has 5 atom stereocenters. The van der Waals surface area contributed by atoms with Gasteiger partial charge in [0.25, 0.3) is 0 Å². The molecule has 2 aliphatic rings. The summed E-state index contributed by atoms with van der Waals surface area (Å²) in [4.78, 5) is 11.6. The highest BCUT2D eigenvalue weighted by Crippen LogP contribution is 2.39. The Labute approximate surface area is 122 Å². The molecule has 2 saturated heterocycles. The van der Waals surface area contributed by atoms with E-state index in [1.54, 1.807) is 6.92 Å². The van der Waals surface area contributed by atoms with Gasteiger partial charge in [-0.25, -0.2) is 0 Å². The molecule has 0 saturated carbocycles. The largest absolute Gasteiger partial charge is 0.456 e. The molecule has 0 radical (unpaired) electrons. The van der Waals surface area contributed by atoms with Crippen molar-refractivity contribution in [2.75, 3.05) is 6.61 Å². The highest BCUT2D eigenvalue weighted by Gasteiger charge is 2.61. The molecular formula is C15H18O6. The fraction of sp³-hybridized carbons (Fsp3) is 0.533. The van der Waals surface area contributed by atoms with Gasteiger partial charge in [0, 0.05) is 0 Å². The van der Waals surface area contributed by atoms with Crippen LogP contribution in [-0.2, 0) is 25.6 Å². The van der Waals surface area contributed by atoms with Crippen LogP contribution in [0.1, 0.15) is 12.5 Å². The molecule has 114 valence electrons. The third-order valence-corrected chi connectivity index (χ3v) is 4.16. The molecule has 2 heterocycles. The average Bonchev–Trinajstić information content (AvgIpc) is 2.73. The number of carbonyl (C=O) groups is 1. The van der Waals surface area contributed by atoms with Gasteiger partial charge in [-0.2, -0.15) is 0 Å². The minimum absolute atomic E-state index is 0.110. The number of fused-ring (bicyclic) bond motifs is 1. The van der Waals surface area contributed by atoms with Crippen molar-refractivity contribution in [2.45, 2.75) is 37.6 Å². The first-order valence-corrected chi connectivity index (χ1v) is 6.90. The number of benzene rings is 1. The second kappa shape index (κ2) is 5.38. The van der Waals surface area contributed by atoms with Crippen LogP contribution in [0.25, 0.3) is 0 Å². The van der Waals surface area contributed by atoms with Crippen LogP contribution in [0.15, 0.2) is 30.3 Å². The lowest BCUT2D eigenvalue weighted by molar-refractivity contribution is -0.292. The summed E-state index contributed by atoms with van der Waals surface area (Å²) in [6, 6.07) is 9.45. The number of carbonyl (C=O) groups excluding carboxylic acids is 1. The molecule has 0 unspecified atom stereocenters. The third kappa shape index (κ3) is 2.44. The third-order valence-electron chi connectivity index (χ3n) is 4.16. The summed E-state index contributed by atoms with van der Waals surface area (Å²) < 4.78 is 16.0. The van der Waals surface area contributed by atoms with E-state index >= 15 is 0 Å². The second-order valence-electron chi connectivity index (χ2n) is 5.54. The smallest absolute Gasteiger partial charge is 0.312 e. The predicted octanol–water partition coefficient (Wildman–Crippen LogP) is 0.213. The standard InChI is InChI=1S/C15H18O6/c1-9-13(17)21-12-11(16)14(20-8-15(9,12)18)19-7-10-5-3-2-4-6-10/h2-6,9,11-12,14,16,18H,7-8H2,1H3/t9-,11+,12+,14+,15-/m1/s1.